The minimum Gasteiger partial charge on any atom is -0.461 e. The molecule has 1 N–H and O–H groups in total. The molecule has 0 saturated carbocycles. The van der Waals surface area contributed by atoms with Gasteiger partial charge in [-0.2, -0.15) is 0 Å². The van der Waals surface area contributed by atoms with Crippen molar-refractivity contribution < 1.29 is 13.9 Å². The Kier molecular flexibility index (Phi) is 3.06. The van der Waals surface area contributed by atoms with E-state index in [1.807, 2.05) is 0 Å². The Balaban J connectivity index is 2.28. The van der Waals surface area contributed by atoms with Crippen LogP contribution in [0, 0.1) is 5.82 Å². The van der Waals surface area contributed by atoms with Crippen molar-refractivity contribution in [1.29, 1.82) is 0 Å². The van der Waals surface area contributed by atoms with Gasteiger partial charge in [0.1, 0.15) is 17.3 Å². The molecule has 2 nitrogen and oxygen atoms in total. The second kappa shape index (κ2) is 4.49. The van der Waals surface area contributed by atoms with E-state index in [0.29, 0.717) is 23.5 Å². The van der Waals surface area contributed by atoms with Gasteiger partial charge < -0.3 is 9.52 Å². The molecule has 1 atom stereocenters. The molecule has 0 aliphatic rings. The van der Waals surface area contributed by atoms with Crippen molar-refractivity contribution >= 4 is 0 Å². The largest absolute Gasteiger partial charge is 0.461 e. The van der Waals surface area contributed by atoms with E-state index in [4.69, 9.17) is 4.42 Å². The Morgan fingerprint density at radius 2 is 2.00 bits per heavy atom. The molecule has 1 aromatic heterocycles. The maximum Gasteiger partial charge on any atom is 0.137 e. The van der Waals surface area contributed by atoms with Gasteiger partial charge in [0.2, 0.25) is 0 Å². The quantitative estimate of drug-likeness (QED) is 0.862. The lowest BCUT2D eigenvalue weighted by molar-refractivity contribution is 0.187. The average molecular weight is 220 g/mol. The zero-order valence-electron chi connectivity index (χ0n) is 8.98. The Morgan fingerprint density at radius 1 is 1.25 bits per heavy atom. The molecule has 84 valence electrons. The first kappa shape index (κ1) is 10.9. The summed E-state index contributed by atoms with van der Waals surface area (Å²) < 4.78 is 18.9. The van der Waals surface area contributed by atoms with Gasteiger partial charge in [-0.1, -0.05) is 12.1 Å². The molecule has 1 aromatic carbocycles. The van der Waals surface area contributed by atoms with E-state index >= 15 is 0 Å². The first-order chi connectivity index (χ1) is 7.66. The second-order valence-electron chi connectivity index (χ2n) is 3.80. The Morgan fingerprint density at radius 3 is 2.69 bits per heavy atom. The summed E-state index contributed by atoms with van der Waals surface area (Å²) in [4.78, 5) is 0. The number of benzene rings is 1. The van der Waals surface area contributed by atoms with E-state index in [1.54, 1.807) is 37.3 Å². The molecule has 2 aromatic rings. The predicted molar refractivity (Wildman–Crippen MR) is 59.5 cm³/mol. The van der Waals surface area contributed by atoms with E-state index in [-0.39, 0.29) is 5.82 Å². The molecule has 2 rings (SSSR count). The second-order valence-corrected chi connectivity index (χ2v) is 3.80. The first-order valence-corrected chi connectivity index (χ1v) is 5.18. The standard InChI is InChI=1S/C13H13FO2/c1-9(15)8-10-6-7-13(16-10)11-4-2-3-5-12(11)14/h2-7,9,15H,8H2,1H3. The van der Waals surface area contributed by atoms with Gasteiger partial charge in [0.05, 0.1) is 11.7 Å². The van der Waals surface area contributed by atoms with Gasteiger partial charge in [-0.3, -0.25) is 0 Å². The number of rotatable bonds is 3. The molecule has 0 aliphatic carbocycles. The number of furan rings is 1. The molecule has 0 bridgehead atoms. The molecule has 1 heterocycles. The van der Waals surface area contributed by atoms with Crippen molar-refractivity contribution in [1.82, 2.24) is 0 Å². The summed E-state index contributed by atoms with van der Waals surface area (Å²) in [7, 11) is 0. The monoisotopic (exact) mass is 220 g/mol. The van der Waals surface area contributed by atoms with Gasteiger partial charge in [-0.25, -0.2) is 4.39 Å². The SMILES string of the molecule is CC(O)Cc1ccc(-c2ccccc2F)o1. The van der Waals surface area contributed by atoms with Gasteiger partial charge in [0.25, 0.3) is 0 Å². The summed E-state index contributed by atoms with van der Waals surface area (Å²) >= 11 is 0. The van der Waals surface area contributed by atoms with Gasteiger partial charge in [-0.15, -0.1) is 0 Å². The summed E-state index contributed by atoms with van der Waals surface area (Å²) in [6.07, 6.45) is -0.0197. The normalized spacial score (nSPS) is 12.7. The summed E-state index contributed by atoms with van der Waals surface area (Å²) in [5.74, 6) is 0.849. The van der Waals surface area contributed by atoms with Crippen LogP contribution in [0.5, 0.6) is 0 Å². The van der Waals surface area contributed by atoms with E-state index in [1.165, 1.54) is 6.07 Å². The van der Waals surface area contributed by atoms with E-state index in [0.717, 1.165) is 0 Å². The number of aliphatic hydroxyl groups is 1. The molecular weight excluding hydrogens is 207 g/mol. The topological polar surface area (TPSA) is 33.4 Å². The first-order valence-electron chi connectivity index (χ1n) is 5.18. The molecule has 0 saturated heterocycles. The van der Waals surface area contributed by atoms with E-state index in [2.05, 4.69) is 0 Å². The molecule has 0 amide bonds. The van der Waals surface area contributed by atoms with Crippen molar-refractivity contribution in [2.75, 3.05) is 0 Å². The maximum atomic E-state index is 13.4. The molecule has 1 unspecified atom stereocenters. The lowest BCUT2D eigenvalue weighted by Gasteiger charge is -2.01. The lowest BCUT2D eigenvalue weighted by Crippen LogP contribution is -2.02. The van der Waals surface area contributed by atoms with Gasteiger partial charge in [0, 0.05) is 6.42 Å². The zero-order chi connectivity index (χ0) is 11.5. The highest BCUT2D eigenvalue weighted by Gasteiger charge is 2.09. The minimum absolute atomic E-state index is 0.305. The summed E-state index contributed by atoms with van der Waals surface area (Å²) in [6, 6.07) is 9.94. The van der Waals surface area contributed by atoms with Crippen molar-refractivity contribution in [3.8, 4) is 11.3 Å². The molecule has 0 aliphatic heterocycles. The van der Waals surface area contributed by atoms with Crippen molar-refractivity contribution in [2.24, 2.45) is 0 Å². The molecule has 0 radical (unpaired) electrons. The zero-order valence-corrected chi connectivity index (χ0v) is 8.98. The van der Waals surface area contributed by atoms with Crippen molar-refractivity contribution in [2.45, 2.75) is 19.4 Å². The third-order valence-electron chi connectivity index (χ3n) is 2.30. The van der Waals surface area contributed by atoms with Crippen LogP contribution in [-0.4, -0.2) is 11.2 Å². The molecule has 16 heavy (non-hydrogen) atoms. The van der Waals surface area contributed by atoms with Crippen LogP contribution >= 0.6 is 0 Å². The third-order valence-corrected chi connectivity index (χ3v) is 2.30. The van der Waals surface area contributed by atoms with Crippen LogP contribution in [0.3, 0.4) is 0 Å². The van der Waals surface area contributed by atoms with Crippen molar-refractivity contribution in [3.63, 3.8) is 0 Å². The maximum absolute atomic E-state index is 13.4. The molecule has 0 fully saturated rings. The van der Waals surface area contributed by atoms with Crippen LogP contribution in [-0.2, 0) is 6.42 Å². The van der Waals surface area contributed by atoms with Gasteiger partial charge >= 0.3 is 0 Å². The average Bonchev–Trinajstić information content (AvgIpc) is 2.66. The highest BCUT2D eigenvalue weighted by molar-refractivity contribution is 5.58. The smallest absolute Gasteiger partial charge is 0.137 e. The fraction of sp³-hybridized carbons (Fsp3) is 0.231. The van der Waals surface area contributed by atoms with Crippen LogP contribution in [0.1, 0.15) is 12.7 Å². The fourth-order valence-corrected chi connectivity index (χ4v) is 1.58. The molecule has 0 spiro atoms. The molecular formula is C13H13FO2. The minimum atomic E-state index is -0.459. The van der Waals surface area contributed by atoms with Crippen molar-refractivity contribution in [3.05, 3.63) is 48.0 Å². The number of aliphatic hydroxyl groups excluding tert-OH is 1. The number of hydrogen-bond donors (Lipinski definition) is 1. The fourth-order valence-electron chi connectivity index (χ4n) is 1.58. The van der Waals surface area contributed by atoms with Crippen LogP contribution in [0.4, 0.5) is 4.39 Å². The Hall–Kier alpha value is -1.61. The predicted octanol–water partition coefficient (Wildman–Crippen LogP) is 3.01. The third kappa shape index (κ3) is 2.31. The lowest BCUT2D eigenvalue weighted by atomic mass is 10.1. The Bertz CT molecular complexity index is 474. The van der Waals surface area contributed by atoms with E-state index < -0.39 is 6.10 Å². The number of hydrogen-bond acceptors (Lipinski definition) is 2. The number of halogens is 1. The van der Waals surface area contributed by atoms with Gasteiger partial charge in [0.15, 0.2) is 0 Å². The van der Waals surface area contributed by atoms with Crippen LogP contribution in [0.25, 0.3) is 11.3 Å². The van der Waals surface area contributed by atoms with Gasteiger partial charge in [-0.05, 0) is 31.2 Å². The summed E-state index contributed by atoms with van der Waals surface area (Å²) in [5, 5.41) is 9.21. The highest BCUT2D eigenvalue weighted by atomic mass is 19.1. The molecule has 3 heteroatoms. The highest BCUT2D eigenvalue weighted by Crippen LogP contribution is 2.25. The van der Waals surface area contributed by atoms with Crippen LogP contribution in [0.15, 0.2) is 40.8 Å². The van der Waals surface area contributed by atoms with E-state index in [9.17, 15) is 9.50 Å². The Labute approximate surface area is 93.3 Å². The summed E-state index contributed by atoms with van der Waals surface area (Å²) in [6.45, 7) is 1.69. The van der Waals surface area contributed by atoms with Crippen LogP contribution < -0.4 is 0 Å². The summed E-state index contributed by atoms with van der Waals surface area (Å²) in [5.41, 5.74) is 0.444. The van der Waals surface area contributed by atoms with Crippen LogP contribution in [0.2, 0.25) is 0 Å².